The molecule has 1 atom stereocenters. The lowest BCUT2D eigenvalue weighted by Gasteiger charge is -2.13. The van der Waals surface area contributed by atoms with E-state index >= 15 is 0 Å². The molecule has 16 heavy (non-hydrogen) atoms. The molecule has 1 aromatic heterocycles. The van der Waals surface area contributed by atoms with Crippen LogP contribution in [0.2, 0.25) is 0 Å². The predicted octanol–water partition coefficient (Wildman–Crippen LogP) is 2.13. The van der Waals surface area contributed by atoms with Crippen LogP contribution in [0.25, 0.3) is 0 Å². The largest absolute Gasteiger partial charge is 0.373 e. The highest BCUT2D eigenvalue weighted by Gasteiger charge is 2.15. The van der Waals surface area contributed by atoms with Crippen LogP contribution < -0.4 is 10.6 Å². The molecule has 5 heteroatoms. The molecule has 88 valence electrons. The first-order chi connectivity index (χ1) is 7.81. The molecule has 2 heterocycles. The molecule has 2 rings (SSSR count). The zero-order chi connectivity index (χ0) is 11.4. The maximum absolute atomic E-state index is 4.28. The van der Waals surface area contributed by atoms with Crippen LogP contribution in [-0.2, 0) is 0 Å². The van der Waals surface area contributed by atoms with Gasteiger partial charge in [-0.1, -0.05) is 0 Å². The van der Waals surface area contributed by atoms with E-state index in [0.29, 0.717) is 0 Å². The first kappa shape index (κ1) is 11.5. The Morgan fingerprint density at radius 3 is 2.94 bits per heavy atom. The van der Waals surface area contributed by atoms with Gasteiger partial charge in [0, 0.05) is 24.4 Å². The Hall–Kier alpha value is -0.970. The molecule has 2 N–H and O–H groups in total. The van der Waals surface area contributed by atoms with Crippen LogP contribution in [0.3, 0.4) is 0 Å². The number of hydrogen-bond donors (Lipinski definition) is 2. The SMILES string of the molecule is CNc1ncnc(NCC2CCCS2)c1C. The van der Waals surface area contributed by atoms with Gasteiger partial charge in [0.15, 0.2) is 0 Å². The third-order valence-electron chi connectivity index (χ3n) is 2.84. The van der Waals surface area contributed by atoms with Gasteiger partial charge in [0.1, 0.15) is 18.0 Å². The summed E-state index contributed by atoms with van der Waals surface area (Å²) in [4.78, 5) is 8.45. The minimum Gasteiger partial charge on any atom is -0.373 e. The van der Waals surface area contributed by atoms with Crippen LogP contribution in [-0.4, -0.2) is 34.6 Å². The molecular formula is C11H18N4S. The number of thioether (sulfide) groups is 1. The fraction of sp³-hybridized carbons (Fsp3) is 0.636. The first-order valence-electron chi connectivity index (χ1n) is 5.66. The van der Waals surface area contributed by atoms with Gasteiger partial charge in [-0.15, -0.1) is 0 Å². The zero-order valence-electron chi connectivity index (χ0n) is 9.79. The predicted molar refractivity (Wildman–Crippen MR) is 70.3 cm³/mol. The highest BCUT2D eigenvalue weighted by atomic mass is 32.2. The average molecular weight is 238 g/mol. The monoisotopic (exact) mass is 238 g/mol. The second kappa shape index (κ2) is 5.39. The van der Waals surface area contributed by atoms with Gasteiger partial charge < -0.3 is 10.6 Å². The molecular weight excluding hydrogens is 220 g/mol. The lowest BCUT2D eigenvalue weighted by molar-refractivity contribution is 0.802. The third kappa shape index (κ3) is 2.58. The molecule has 1 unspecified atom stereocenters. The van der Waals surface area contributed by atoms with E-state index in [0.717, 1.165) is 29.0 Å². The second-order valence-corrected chi connectivity index (χ2v) is 5.37. The highest BCUT2D eigenvalue weighted by Crippen LogP contribution is 2.26. The van der Waals surface area contributed by atoms with Crippen molar-refractivity contribution in [3.8, 4) is 0 Å². The van der Waals surface area contributed by atoms with Crippen LogP contribution in [0.4, 0.5) is 11.6 Å². The van der Waals surface area contributed by atoms with E-state index in [4.69, 9.17) is 0 Å². The molecule has 1 fully saturated rings. The van der Waals surface area contributed by atoms with Crippen molar-refractivity contribution in [2.45, 2.75) is 25.0 Å². The topological polar surface area (TPSA) is 49.8 Å². The quantitative estimate of drug-likeness (QED) is 0.841. The van der Waals surface area contributed by atoms with Crippen molar-refractivity contribution in [3.63, 3.8) is 0 Å². The first-order valence-corrected chi connectivity index (χ1v) is 6.71. The van der Waals surface area contributed by atoms with Crippen LogP contribution in [0, 0.1) is 6.92 Å². The summed E-state index contributed by atoms with van der Waals surface area (Å²) in [5.41, 5.74) is 1.09. The molecule has 0 amide bonds. The minimum absolute atomic E-state index is 0.743. The molecule has 0 spiro atoms. The Balaban J connectivity index is 1.97. The van der Waals surface area contributed by atoms with E-state index in [1.54, 1.807) is 6.33 Å². The number of rotatable bonds is 4. The number of anilines is 2. The van der Waals surface area contributed by atoms with Gasteiger partial charge in [0.05, 0.1) is 0 Å². The van der Waals surface area contributed by atoms with E-state index in [1.165, 1.54) is 18.6 Å². The lowest BCUT2D eigenvalue weighted by atomic mass is 10.2. The normalized spacial score (nSPS) is 19.8. The van der Waals surface area contributed by atoms with Gasteiger partial charge in [-0.3, -0.25) is 0 Å². The summed E-state index contributed by atoms with van der Waals surface area (Å²) in [7, 11) is 1.88. The second-order valence-electron chi connectivity index (χ2n) is 3.96. The van der Waals surface area contributed by atoms with Crippen LogP contribution >= 0.6 is 11.8 Å². The summed E-state index contributed by atoms with van der Waals surface area (Å²) in [6, 6.07) is 0. The van der Waals surface area contributed by atoms with Crippen molar-refractivity contribution in [1.29, 1.82) is 0 Å². The Bertz CT molecular complexity index is 350. The highest BCUT2D eigenvalue weighted by molar-refractivity contribution is 8.00. The van der Waals surface area contributed by atoms with E-state index in [1.807, 2.05) is 14.0 Å². The maximum Gasteiger partial charge on any atom is 0.134 e. The summed E-state index contributed by atoms with van der Waals surface area (Å²) < 4.78 is 0. The fourth-order valence-electron chi connectivity index (χ4n) is 1.90. The molecule has 0 radical (unpaired) electrons. The summed E-state index contributed by atoms with van der Waals surface area (Å²) in [5.74, 6) is 3.15. The summed E-state index contributed by atoms with van der Waals surface area (Å²) in [6.07, 6.45) is 4.27. The molecule has 0 saturated carbocycles. The van der Waals surface area contributed by atoms with Crippen molar-refractivity contribution in [2.75, 3.05) is 30.0 Å². The van der Waals surface area contributed by atoms with Crippen molar-refractivity contribution < 1.29 is 0 Å². The van der Waals surface area contributed by atoms with Gasteiger partial charge in [0.2, 0.25) is 0 Å². The van der Waals surface area contributed by atoms with E-state index < -0.39 is 0 Å². The van der Waals surface area contributed by atoms with Crippen molar-refractivity contribution in [3.05, 3.63) is 11.9 Å². The van der Waals surface area contributed by atoms with Crippen LogP contribution in [0.5, 0.6) is 0 Å². The van der Waals surface area contributed by atoms with E-state index in [2.05, 4.69) is 32.4 Å². The Morgan fingerprint density at radius 2 is 2.25 bits per heavy atom. The summed E-state index contributed by atoms with van der Waals surface area (Å²) in [6.45, 7) is 3.04. The molecule has 0 bridgehead atoms. The Labute approximate surface area is 101 Å². The van der Waals surface area contributed by atoms with Gasteiger partial charge in [-0.2, -0.15) is 11.8 Å². The molecule has 0 aliphatic carbocycles. The maximum atomic E-state index is 4.28. The van der Waals surface area contributed by atoms with Gasteiger partial charge in [-0.05, 0) is 25.5 Å². The number of nitrogens with zero attached hydrogens (tertiary/aromatic N) is 2. The third-order valence-corrected chi connectivity index (χ3v) is 4.24. The molecule has 4 nitrogen and oxygen atoms in total. The Kier molecular flexibility index (Phi) is 3.88. The van der Waals surface area contributed by atoms with Gasteiger partial charge >= 0.3 is 0 Å². The molecule has 1 aliphatic rings. The molecule has 1 saturated heterocycles. The standard InChI is InChI=1S/C11H18N4S/c1-8-10(12-2)14-7-15-11(8)13-6-9-4-3-5-16-9/h7,9H,3-6H2,1-2H3,(H2,12,13,14,15). The average Bonchev–Trinajstić information content (AvgIpc) is 2.81. The van der Waals surface area contributed by atoms with E-state index in [-0.39, 0.29) is 0 Å². The van der Waals surface area contributed by atoms with Crippen molar-refractivity contribution in [2.24, 2.45) is 0 Å². The summed E-state index contributed by atoms with van der Waals surface area (Å²) in [5, 5.41) is 7.23. The van der Waals surface area contributed by atoms with Crippen LogP contribution in [0.15, 0.2) is 6.33 Å². The molecule has 1 aromatic rings. The van der Waals surface area contributed by atoms with Crippen molar-refractivity contribution >= 4 is 23.4 Å². The minimum atomic E-state index is 0.743. The fourth-order valence-corrected chi connectivity index (χ4v) is 3.10. The smallest absolute Gasteiger partial charge is 0.134 e. The molecule has 1 aliphatic heterocycles. The van der Waals surface area contributed by atoms with Gasteiger partial charge in [0.25, 0.3) is 0 Å². The molecule has 0 aromatic carbocycles. The van der Waals surface area contributed by atoms with Crippen LogP contribution in [0.1, 0.15) is 18.4 Å². The summed E-state index contributed by atoms with van der Waals surface area (Å²) >= 11 is 2.06. The number of aromatic nitrogens is 2. The van der Waals surface area contributed by atoms with Crippen molar-refractivity contribution in [1.82, 2.24) is 9.97 Å². The lowest BCUT2D eigenvalue weighted by Crippen LogP contribution is -2.15. The van der Waals surface area contributed by atoms with Gasteiger partial charge in [-0.25, -0.2) is 9.97 Å². The number of nitrogens with one attached hydrogen (secondary N) is 2. The Morgan fingerprint density at radius 1 is 1.44 bits per heavy atom. The van der Waals surface area contributed by atoms with E-state index in [9.17, 15) is 0 Å². The number of hydrogen-bond acceptors (Lipinski definition) is 5. The zero-order valence-corrected chi connectivity index (χ0v) is 10.6.